The number of methoxy groups -OCH3 is 2. The van der Waals surface area contributed by atoms with Crippen LogP contribution in [0.2, 0.25) is 0 Å². The Hall–Kier alpha value is -3.06. The second-order valence-electron chi connectivity index (χ2n) is 5.98. The van der Waals surface area contributed by atoms with Gasteiger partial charge in [0.1, 0.15) is 5.75 Å². The van der Waals surface area contributed by atoms with Crippen LogP contribution in [-0.2, 0) is 19.1 Å². The van der Waals surface area contributed by atoms with Crippen molar-refractivity contribution >= 4 is 29.4 Å². The third kappa shape index (κ3) is 3.59. The highest BCUT2D eigenvalue weighted by atomic mass is 32.1. The molecule has 6 nitrogen and oxygen atoms in total. The van der Waals surface area contributed by atoms with Gasteiger partial charge in [0.25, 0.3) is 0 Å². The van der Waals surface area contributed by atoms with Crippen LogP contribution in [0.3, 0.4) is 0 Å². The van der Waals surface area contributed by atoms with Gasteiger partial charge in [-0.3, -0.25) is 0 Å². The highest BCUT2D eigenvalue weighted by molar-refractivity contribution is 7.10. The molecular formula is C20H19NO5S. The van der Waals surface area contributed by atoms with E-state index in [9.17, 15) is 14.7 Å². The van der Waals surface area contributed by atoms with Gasteiger partial charge >= 0.3 is 11.9 Å². The summed E-state index contributed by atoms with van der Waals surface area (Å²) in [7, 11) is 4.33. The number of rotatable bonds is 3. The average Bonchev–Trinajstić information content (AvgIpc) is 3.17. The number of phenolic OH excluding ortho intramolecular Hbond substituents is 1. The molecule has 2 heterocycles. The third-order valence-corrected chi connectivity index (χ3v) is 5.24. The van der Waals surface area contributed by atoms with Crippen molar-refractivity contribution in [2.45, 2.75) is 6.04 Å². The number of carbonyl (C=O) groups excluding carboxylic acids is 2. The summed E-state index contributed by atoms with van der Waals surface area (Å²) in [6.07, 6.45) is 3.17. The summed E-state index contributed by atoms with van der Waals surface area (Å²) in [5.74, 6) is -1.16. The van der Waals surface area contributed by atoms with E-state index in [1.165, 1.54) is 14.2 Å². The number of hydrogen-bond acceptors (Lipinski definition) is 7. The Kier molecular flexibility index (Phi) is 5.32. The molecule has 0 saturated heterocycles. The van der Waals surface area contributed by atoms with Crippen LogP contribution in [0.5, 0.6) is 5.75 Å². The van der Waals surface area contributed by atoms with Gasteiger partial charge in [0.05, 0.1) is 31.4 Å². The molecule has 1 aromatic heterocycles. The lowest BCUT2D eigenvalue weighted by Crippen LogP contribution is -2.25. The Morgan fingerprint density at radius 3 is 2.44 bits per heavy atom. The number of esters is 2. The minimum Gasteiger partial charge on any atom is -0.508 e. The van der Waals surface area contributed by atoms with Crippen LogP contribution in [0.25, 0.3) is 6.08 Å². The molecular weight excluding hydrogens is 366 g/mol. The van der Waals surface area contributed by atoms with Gasteiger partial charge in [-0.2, -0.15) is 0 Å². The zero-order valence-corrected chi connectivity index (χ0v) is 15.9. The van der Waals surface area contributed by atoms with Gasteiger partial charge in [0, 0.05) is 18.1 Å². The monoisotopic (exact) mass is 385 g/mol. The van der Waals surface area contributed by atoms with Crippen molar-refractivity contribution in [3.05, 3.63) is 69.1 Å². The van der Waals surface area contributed by atoms with Crippen molar-refractivity contribution in [3.63, 3.8) is 0 Å². The zero-order chi connectivity index (χ0) is 19.6. The molecule has 27 heavy (non-hydrogen) atoms. The van der Waals surface area contributed by atoms with Gasteiger partial charge in [-0.1, -0.05) is 12.1 Å². The van der Waals surface area contributed by atoms with E-state index in [1.54, 1.807) is 48.9 Å². The number of nitrogens with zero attached hydrogens (tertiary/aromatic N) is 1. The molecule has 1 atom stereocenters. The molecule has 0 radical (unpaired) electrons. The SMILES string of the molecule is COC(=O)C1=Cc2ccc(O)cc2C(c2cccs2)N(C)C=C1C(=O)OC. The first-order valence-electron chi connectivity index (χ1n) is 8.15. The molecule has 1 aliphatic heterocycles. The Morgan fingerprint density at radius 1 is 1.11 bits per heavy atom. The first-order chi connectivity index (χ1) is 13.0. The van der Waals surface area contributed by atoms with Crippen molar-refractivity contribution in [1.82, 2.24) is 4.90 Å². The smallest absolute Gasteiger partial charge is 0.340 e. The summed E-state index contributed by atoms with van der Waals surface area (Å²) >= 11 is 1.56. The van der Waals surface area contributed by atoms with E-state index < -0.39 is 11.9 Å². The second-order valence-corrected chi connectivity index (χ2v) is 6.96. The summed E-state index contributed by atoms with van der Waals surface area (Å²) in [5, 5.41) is 12.0. The lowest BCUT2D eigenvalue weighted by atomic mass is 9.92. The number of aromatic hydroxyl groups is 1. The standard InChI is InChI=1S/C20H19NO5S/c1-21-11-16(20(24)26-3)15(19(23)25-2)9-12-6-7-13(22)10-14(12)18(21)17-5-4-8-27-17/h4-11,18,22H,1-3H3. The maximum absolute atomic E-state index is 12.4. The first kappa shape index (κ1) is 18.7. The summed E-state index contributed by atoms with van der Waals surface area (Å²) < 4.78 is 9.73. The highest BCUT2D eigenvalue weighted by Gasteiger charge is 2.30. The van der Waals surface area contributed by atoms with Gasteiger partial charge in [-0.15, -0.1) is 11.3 Å². The topological polar surface area (TPSA) is 76.1 Å². The summed E-state index contributed by atoms with van der Waals surface area (Å²) in [6, 6.07) is 8.59. The van der Waals surface area contributed by atoms with Gasteiger partial charge in [-0.05, 0) is 40.8 Å². The Balaban J connectivity index is 2.30. The minimum absolute atomic E-state index is 0.0905. The van der Waals surface area contributed by atoms with Crippen molar-refractivity contribution in [3.8, 4) is 5.75 Å². The van der Waals surface area contributed by atoms with Crippen LogP contribution in [0, 0.1) is 0 Å². The van der Waals surface area contributed by atoms with Crippen LogP contribution in [0.4, 0.5) is 0 Å². The number of thiophene rings is 1. The van der Waals surface area contributed by atoms with Crippen LogP contribution in [0.1, 0.15) is 22.0 Å². The lowest BCUT2D eigenvalue weighted by molar-refractivity contribution is -0.139. The predicted molar refractivity (Wildman–Crippen MR) is 102 cm³/mol. The van der Waals surface area contributed by atoms with Gasteiger partial charge < -0.3 is 19.5 Å². The fourth-order valence-electron chi connectivity index (χ4n) is 3.08. The number of carbonyl (C=O) groups is 2. The molecule has 0 aliphatic carbocycles. The van der Waals surface area contributed by atoms with Crippen LogP contribution in [0.15, 0.2) is 53.1 Å². The number of ether oxygens (including phenoxy) is 2. The number of benzene rings is 1. The molecule has 1 unspecified atom stereocenters. The maximum atomic E-state index is 12.4. The molecule has 1 aliphatic rings. The predicted octanol–water partition coefficient (Wildman–Crippen LogP) is 3.10. The Morgan fingerprint density at radius 2 is 1.81 bits per heavy atom. The molecule has 3 rings (SSSR count). The first-order valence-corrected chi connectivity index (χ1v) is 9.03. The summed E-state index contributed by atoms with van der Waals surface area (Å²) in [4.78, 5) is 27.6. The summed E-state index contributed by atoms with van der Waals surface area (Å²) in [5.41, 5.74) is 1.70. The van der Waals surface area contributed by atoms with E-state index in [1.807, 2.05) is 22.4 Å². The molecule has 0 amide bonds. The Labute approximate surface area is 160 Å². The zero-order valence-electron chi connectivity index (χ0n) is 15.1. The van der Waals surface area contributed by atoms with Gasteiger partial charge in [0.2, 0.25) is 0 Å². The van der Waals surface area contributed by atoms with Crippen molar-refractivity contribution in [1.29, 1.82) is 0 Å². The van der Waals surface area contributed by atoms with E-state index in [0.29, 0.717) is 5.56 Å². The van der Waals surface area contributed by atoms with Crippen LogP contribution in [-0.4, -0.2) is 43.2 Å². The lowest BCUT2D eigenvalue weighted by Gasteiger charge is -2.30. The number of fused-ring (bicyclic) bond motifs is 1. The summed E-state index contributed by atoms with van der Waals surface area (Å²) in [6.45, 7) is 0. The minimum atomic E-state index is -0.645. The van der Waals surface area contributed by atoms with E-state index in [4.69, 9.17) is 9.47 Å². The molecule has 7 heteroatoms. The second kappa shape index (κ2) is 7.67. The van der Waals surface area contributed by atoms with E-state index in [-0.39, 0.29) is 22.9 Å². The molecule has 0 spiro atoms. The fourth-order valence-corrected chi connectivity index (χ4v) is 3.98. The quantitative estimate of drug-likeness (QED) is 0.819. The van der Waals surface area contributed by atoms with Crippen molar-refractivity contribution in [2.24, 2.45) is 0 Å². The molecule has 2 aromatic rings. The number of phenols is 1. The van der Waals surface area contributed by atoms with Crippen molar-refractivity contribution < 1.29 is 24.2 Å². The third-order valence-electron chi connectivity index (χ3n) is 4.32. The van der Waals surface area contributed by atoms with Crippen molar-refractivity contribution in [2.75, 3.05) is 21.3 Å². The van der Waals surface area contributed by atoms with Crippen LogP contribution >= 0.6 is 11.3 Å². The molecule has 0 saturated carbocycles. The average molecular weight is 385 g/mol. The van der Waals surface area contributed by atoms with E-state index in [0.717, 1.165) is 10.4 Å². The van der Waals surface area contributed by atoms with E-state index in [2.05, 4.69) is 0 Å². The molecule has 140 valence electrons. The molecule has 0 fully saturated rings. The molecule has 0 bridgehead atoms. The maximum Gasteiger partial charge on any atom is 0.340 e. The largest absolute Gasteiger partial charge is 0.508 e. The van der Waals surface area contributed by atoms with E-state index >= 15 is 0 Å². The van der Waals surface area contributed by atoms with Gasteiger partial charge in [-0.25, -0.2) is 9.59 Å². The number of hydrogen-bond donors (Lipinski definition) is 1. The Bertz CT molecular complexity index is 930. The van der Waals surface area contributed by atoms with Gasteiger partial charge in [0.15, 0.2) is 0 Å². The molecule has 1 aromatic carbocycles. The molecule has 1 N–H and O–H groups in total. The van der Waals surface area contributed by atoms with Crippen LogP contribution < -0.4 is 0 Å². The normalized spacial score (nSPS) is 16.4. The highest BCUT2D eigenvalue weighted by Crippen LogP contribution is 2.38. The fraction of sp³-hybridized carbons (Fsp3) is 0.200.